The second kappa shape index (κ2) is 9.35. The molecule has 0 radical (unpaired) electrons. The van der Waals surface area contributed by atoms with E-state index < -0.39 is 21.7 Å². The number of anilines is 1. The molecule has 0 aliphatic rings. The van der Waals surface area contributed by atoms with E-state index in [-0.39, 0.29) is 17.2 Å². The molecule has 4 aromatic rings. The molecule has 0 saturated heterocycles. The lowest BCUT2D eigenvalue weighted by atomic mass is 10.1. The van der Waals surface area contributed by atoms with Crippen LogP contribution in [0.3, 0.4) is 0 Å². The smallest absolute Gasteiger partial charge is 0.294 e. The number of aromatic nitrogens is 1. The largest absolute Gasteiger partial charge is 0.350 e. The number of hydrogen-bond acceptors (Lipinski definition) is 5. The van der Waals surface area contributed by atoms with Crippen molar-refractivity contribution in [3.05, 3.63) is 102 Å². The van der Waals surface area contributed by atoms with Gasteiger partial charge in [-0.3, -0.25) is 4.79 Å². The number of rotatable bonds is 7. The first kappa shape index (κ1) is 22.4. The molecule has 7 nitrogen and oxygen atoms in total. The Balaban J connectivity index is 1.43. The minimum absolute atomic E-state index is 0.0615. The van der Waals surface area contributed by atoms with Crippen LogP contribution in [0.25, 0.3) is 11.3 Å². The fraction of sp³-hybridized carbons (Fsp3) is 0.0833. The summed E-state index contributed by atoms with van der Waals surface area (Å²) in [6.07, 6.45) is 0. The number of amides is 1. The van der Waals surface area contributed by atoms with Crippen LogP contribution in [0.1, 0.15) is 16.1 Å². The number of halogens is 1. The van der Waals surface area contributed by atoms with Crippen LogP contribution < -0.4 is 5.32 Å². The Hall–Kier alpha value is -3.82. The molecule has 0 bridgehead atoms. The first-order valence-electron chi connectivity index (χ1n) is 9.97. The van der Waals surface area contributed by atoms with Gasteiger partial charge in [0.2, 0.25) is 15.8 Å². The third-order valence-corrected chi connectivity index (χ3v) is 6.74. The lowest BCUT2D eigenvalue weighted by Gasteiger charge is -2.17. The van der Waals surface area contributed by atoms with Gasteiger partial charge in [-0.15, -0.1) is 0 Å². The van der Waals surface area contributed by atoms with Gasteiger partial charge in [0.1, 0.15) is 11.5 Å². The van der Waals surface area contributed by atoms with E-state index in [4.69, 9.17) is 4.52 Å². The Kier molecular flexibility index (Phi) is 6.34. The van der Waals surface area contributed by atoms with E-state index in [9.17, 15) is 17.6 Å². The van der Waals surface area contributed by atoms with Gasteiger partial charge in [0.05, 0.1) is 4.90 Å². The Morgan fingerprint density at radius 3 is 2.42 bits per heavy atom. The SMILES string of the molecule is CN(Cc1ccccc1)S(=O)(=O)c1ccc(NC(=O)c2cc(-c3cccc(F)c3)no2)cc1. The summed E-state index contributed by atoms with van der Waals surface area (Å²) in [5, 5.41) is 6.43. The molecule has 4 rings (SSSR count). The molecule has 33 heavy (non-hydrogen) atoms. The van der Waals surface area contributed by atoms with Gasteiger partial charge in [0.25, 0.3) is 5.91 Å². The van der Waals surface area contributed by atoms with Crippen molar-refractivity contribution < 1.29 is 22.1 Å². The van der Waals surface area contributed by atoms with E-state index >= 15 is 0 Å². The van der Waals surface area contributed by atoms with Gasteiger partial charge < -0.3 is 9.84 Å². The number of nitrogens with zero attached hydrogens (tertiary/aromatic N) is 2. The van der Waals surface area contributed by atoms with Gasteiger partial charge in [0.15, 0.2) is 0 Å². The fourth-order valence-corrected chi connectivity index (χ4v) is 4.33. The van der Waals surface area contributed by atoms with E-state index in [2.05, 4.69) is 10.5 Å². The molecule has 1 aromatic heterocycles. The standard InChI is InChI=1S/C24H20FN3O4S/c1-28(16-17-6-3-2-4-7-17)33(30,31)21-12-10-20(11-13-21)26-24(29)23-15-22(27-32-23)18-8-5-9-19(25)14-18/h2-15H,16H2,1H3,(H,26,29). The van der Waals surface area contributed by atoms with Crippen LogP contribution in [0, 0.1) is 5.82 Å². The summed E-state index contributed by atoms with van der Waals surface area (Å²) in [7, 11) is -2.19. The third kappa shape index (κ3) is 5.16. The maximum absolute atomic E-state index is 13.4. The van der Waals surface area contributed by atoms with Crippen LogP contribution in [0.4, 0.5) is 10.1 Å². The zero-order valence-electron chi connectivity index (χ0n) is 17.6. The minimum atomic E-state index is -3.70. The summed E-state index contributed by atoms with van der Waals surface area (Å²) >= 11 is 0. The van der Waals surface area contributed by atoms with Crippen molar-refractivity contribution in [3.63, 3.8) is 0 Å². The molecule has 1 N–H and O–H groups in total. The number of nitrogens with one attached hydrogen (secondary N) is 1. The Labute approximate surface area is 190 Å². The molecule has 0 fully saturated rings. The first-order valence-corrected chi connectivity index (χ1v) is 11.4. The highest BCUT2D eigenvalue weighted by Gasteiger charge is 2.21. The average Bonchev–Trinajstić information content (AvgIpc) is 3.31. The molecular weight excluding hydrogens is 445 g/mol. The minimum Gasteiger partial charge on any atom is -0.350 e. The summed E-state index contributed by atoms with van der Waals surface area (Å²) in [6, 6.07) is 22.3. The molecule has 168 valence electrons. The van der Waals surface area contributed by atoms with E-state index in [1.54, 1.807) is 6.07 Å². The molecule has 0 saturated carbocycles. The lowest BCUT2D eigenvalue weighted by molar-refractivity contribution is 0.0988. The summed E-state index contributed by atoms with van der Waals surface area (Å²) < 4.78 is 45.4. The summed E-state index contributed by atoms with van der Waals surface area (Å²) in [5.74, 6) is -1.05. The molecule has 1 amide bonds. The van der Waals surface area contributed by atoms with E-state index in [1.165, 1.54) is 59.9 Å². The maximum atomic E-state index is 13.4. The van der Waals surface area contributed by atoms with Crippen LogP contribution >= 0.6 is 0 Å². The molecule has 0 aliphatic carbocycles. The van der Waals surface area contributed by atoms with Gasteiger partial charge in [0, 0.05) is 30.9 Å². The molecule has 1 heterocycles. The quantitative estimate of drug-likeness (QED) is 0.432. The van der Waals surface area contributed by atoms with Crippen molar-refractivity contribution in [1.29, 1.82) is 0 Å². The fourth-order valence-electron chi connectivity index (χ4n) is 3.17. The number of sulfonamides is 1. The predicted octanol–water partition coefficient (Wildman–Crippen LogP) is 4.55. The van der Waals surface area contributed by atoms with Crippen LogP contribution in [0.2, 0.25) is 0 Å². The monoisotopic (exact) mass is 465 g/mol. The van der Waals surface area contributed by atoms with Crippen molar-refractivity contribution >= 4 is 21.6 Å². The predicted molar refractivity (Wildman–Crippen MR) is 121 cm³/mol. The van der Waals surface area contributed by atoms with Crippen molar-refractivity contribution in [3.8, 4) is 11.3 Å². The lowest BCUT2D eigenvalue weighted by Crippen LogP contribution is -2.26. The average molecular weight is 466 g/mol. The first-order chi connectivity index (χ1) is 15.8. The normalized spacial score (nSPS) is 11.5. The molecule has 0 unspecified atom stereocenters. The highest BCUT2D eigenvalue weighted by atomic mass is 32.2. The number of carbonyl (C=O) groups excluding carboxylic acids is 1. The highest BCUT2D eigenvalue weighted by molar-refractivity contribution is 7.89. The summed E-state index contributed by atoms with van der Waals surface area (Å²) in [6.45, 7) is 0.237. The molecule has 0 aliphatic heterocycles. The van der Waals surface area contributed by atoms with Crippen molar-refractivity contribution in [2.24, 2.45) is 0 Å². The van der Waals surface area contributed by atoms with Gasteiger partial charge in [-0.05, 0) is 42.0 Å². The van der Waals surface area contributed by atoms with Crippen LogP contribution in [-0.2, 0) is 16.6 Å². The molecule has 0 spiro atoms. The van der Waals surface area contributed by atoms with Gasteiger partial charge in [-0.25, -0.2) is 12.8 Å². The Morgan fingerprint density at radius 2 is 1.73 bits per heavy atom. The Bertz CT molecular complexity index is 1370. The van der Waals surface area contributed by atoms with Crippen LogP contribution in [0.15, 0.2) is 94.3 Å². The van der Waals surface area contributed by atoms with Crippen LogP contribution in [0.5, 0.6) is 0 Å². The molecule has 9 heteroatoms. The number of hydrogen-bond donors (Lipinski definition) is 1. The molecule has 0 atom stereocenters. The van der Waals surface area contributed by atoms with Gasteiger partial charge in [-0.2, -0.15) is 4.31 Å². The van der Waals surface area contributed by atoms with Crippen molar-refractivity contribution in [1.82, 2.24) is 9.46 Å². The molecular formula is C24H20FN3O4S. The summed E-state index contributed by atoms with van der Waals surface area (Å²) in [4.78, 5) is 12.6. The maximum Gasteiger partial charge on any atom is 0.294 e. The second-order valence-corrected chi connectivity index (χ2v) is 9.36. The van der Waals surface area contributed by atoms with E-state index in [0.717, 1.165) is 5.56 Å². The summed E-state index contributed by atoms with van der Waals surface area (Å²) in [5.41, 5.74) is 2.06. The number of benzene rings is 3. The van der Waals surface area contributed by atoms with E-state index in [1.807, 2.05) is 30.3 Å². The number of carbonyl (C=O) groups is 1. The van der Waals surface area contributed by atoms with Crippen molar-refractivity contribution in [2.45, 2.75) is 11.4 Å². The molecule has 3 aromatic carbocycles. The zero-order chi connectivity index (χ0) is 23.4. The second-order valence-electron chi connectivity index (χ2n) is 7.31. The van der Waals surface area contributed by atoms with Gasteiger partial charge in [-0.1, -0.05) is 47.6 Å². The van der Waals surface area contributed by atoms with Crippen LogP contribution in [-0.4, -0.2) is 30.8 Å². The topological polar surface area (TPSA) is 92.5 Å². The third-order valence-electron chi connectivity index (χ3n) is 4.92. The van der Waals surface area contributed by atoms with E-state index in [0.29, 0.717) is 16.9 Å². The highest BCUT2D eigenvalue weighted by Crippen LogP contribution is 2.22. The zero-order valence-corrected chi connectivity index (χ0v) is 18.4. The van der Waals surface area contributed by atoms with Gasteiger partial charge >= 0.3 is 0 Å². The Morgan fingerprint density at radius 1 is 1.00 bits per heavy atom. The van der Waals surface area contributed by atoms with Crippen molar-refractivity contribution in [2.75, 3.05) is 12.4 Å².